The number of hydrogen-bond acceptors (Lipinski definition) is 4. The minimum Gasteiger partial charge on any atom is -0.317 e. The fourth-order valence-corrected chi connectivity index (χ4v) is 4.83. The highest BCUT2D eigenvalue weighted by Crippen LogP contribution is 2.26. The molecule has 3 aromatic rings. The molecule has 0 radical (unpaired) electrons. The summed E-state index contributed by atoms with van der Waals surface area (Å²) >= 11 is 0. The zero-order chi connectivity index (χ0) is 19.5. The third-order valence-corrected chi connectivity index (χ3v) is 6.63. The lowest BCUT2D eigenvalue weighted by atomic mass is 9.91. The molecule has 5 heteroatoms. The maximum absolute atomic E-state index is 5.00. The van der Waals surface area contributed by atoms with Crippen LogP contribution in [0.15, 0.2) is 42.7 Å². The zero-order valence-electron chi connectivity index (χ0n) is 17.1. The third-order valence-electron chi connectivity index (χ3n) is 6.63. The van der Waals surface area contributed by atoms with Crippen molar-refractivity contribution in [2.45, 2.75) is 44.4 Å². The SMILES string of the molecule is c1cc(-c2cnc3cc(CCC4CCNCC4)ccn23)nc([C@@H]2CCCNC2)c1. The average Bonchev–Trinajstić information content (AvgIpc) is 3.22. The molecule has 152 valence electrons. The predicted octanol–water partition coefficient (Wildman–Crippen LogP) is 3.80. The normalized spacial score (nSPS) is 20.9. The molecular weight excluding hydrogens is 358 g/mol. The number of rotatable bonds is 5. The quantitative estimate of drug-likeness (QED) is 0.697. The van der Waals surface area contributed by atoms with Gasteiger partial charge in [-0.05, 0) is 93.9 Å². The van der Waals surface area contributed by atoms with Crippen LogP contribution in [-0.4, -0.2) is 40.5 Å². The molecule has 1 atom stereocenters. The Morgan fingerprint density at radius 1 is 1.03 bits per heavy atom. The summed E-state index contributed by atoms with van der Waals surface area (Å²) in [5.74, 6) is 1.38. The largest absolute Gasteiger partial charge is 0.317 e. The first-order chi connectivity index (χ1) is 14.4. The summed E-state index contributed by atoms with van der Waals surface area (Å²) in [6, 6.07) is 10.9. The molecule has 0 unspecified atom stereocenters. The van der Waals surface area contributed by atoms with Crippen LogP contribution in [-0.2, 0) is 6.42 Å². The van der Waals surface area contributed by atoms with Crippen LogP contribution in [0.1, 0.15) is 49.3 Å². The summed E-state index contributed by atoms with van der Waals surface area (Å²) in [6.45, 7) is 4.51. The molecule has 2 fully saturated rings. The van der Waals surface area contributed by atoms with Gasteiger partial charge in [-0.25, -0.2) is 4.98 Å². The molecule has 0 saturated carbocycles. The minimum atomic E-state index is 0.518. The maximum Gasteiger partial charge on any atom is 0.137 e. The fourth-order valence-electron chi connectivity index (χ4n) is 4.83. The van der Waals surface area contributed by atoms with Crippen molar-refractivity contribution in [2.75, 3.05) is 26.2 Å². The van der Waals surface area contributed by atoms with Crippen molar-refractivity contribution in [3.05, 3.63) is 54.0 Å². The highest BCUT2D eigenvalue weighted by atomic mass is 15.0. The fraction of sp³-hybridized carbons (Fsp3) is 0.500. The first-order valence-corrected chi connectivity index (χ1v) is 11.2. The molecule has 5 nitrogen and oxygen atoms in total. The van der Waals surface area contributed by atoms with Crippen LogP contribution in [0.3, 0.4) is 0 Å². The second-order valence-corrected chi connectivity index (χ2v) is 8.63. The van der Waals surface area contributed by atoms with E-state index in [-0.39, 0.29) is 0 Å². The molecule has 5 rings (SSSR count). The van der Waals surface area contributed by atoms with Crippen molar-refractivity contribution >= 4 is 5.65 Å². The standard InChI is InChI=1S/C24H31N5/c1-4-21(20-3-2-11-26-16-20)28-22(5-1)23-17-27-24-15-19(10-14-29(23)24)7-6-18-8-12-25-13-9-18/h1,4-5,10,14-15,17-18,20,25-26H,2-3,6-9,11-13,16H2/t20-/m1/s1. The van der Waals surface area contributed by atoms with Crippen LogP contribution in [0.2, 0.25) is 0 Å². The lowest BCUT2D eigenvalue weighted by molar-refractivity contribution is 0.354. The Kier molecular flexibility index (Phi) is 5.59. The Bertz CT molecular complexity index is 951. The third kappa shape index (κ3) is 4.21. The molecule has 2 saturated heterocycles. The van der Waals surface area contributed by atoms with Gasteiger partial charge in [0.2, 0.25) is 0 Å². The van der Waals surface area contributed by atoms with E-state index in [4.69, 9.17) is 9.97 Å². The van der Waals surface area contributed by atoms with E-state index in [2.05, 4.69) is 51.6 Å². The molecular formula is C24H31N5. The van der Waals surface area contributed by atoms with Crippen molar-refractivity contribution < 1.29 is 0 Å². The van der Waals surface area contributed by atoms with Crippen LogP contribution < -0.4 is 10.6 Å². The molecule has 29 heavy (non-hydrogen) atoms. The van der Waals surface area contributed by atoms with Crippen molar-refractivity contribution in [3.63, 3.8) is 0 Å². The molecule has 3 aromatic heterocycles. The molecule has 0 aromatic carbocycles. The summed E-state index contributed by atoms with van der Waals surface area (Å²) < 4.78 is 2.18. The first kappa shape index (κ1) is 18.8. The van der Waals surface area contributed by atoms with E-state index < -0.39 is 0 Å². The molecule has 0 aliphatic carbocycles. The number of nitrogens with one attached hydrogen (secondary N) is 2. The molecule has 2 aliphatic rings. The van der Waals surface area contributed by atoms with Gasteiger partial charge in [0.1, 0.15) is 5.65 Å². The van der Waals surface area contributed by atoms with Crippen LogP contribution in [0.5, 0.6) is 0 Å². The summed E-state index contributed by atoms with van der Waals surface area (Å²) in [6.07, 6.45) is 11.6. The van der Waals surface area contributed by atoms with E-state index in [1.54, 1.807) is 0 Å². The Hall–Kier alpha value is -2.24. The lowest BCUT2D eigenvalue weighted by Gasteiger charge is -2.22. The number of imidazole rings is 1. The van der Waals surface area contributed by atoms with E-state index in [1.807, 2.05) is 6.20 Å². The van der Waals surface area contributed by atoms with E-state index in [0.29, 0.717) is 5.92 Å². The summed E-state index contributed by atoms with van der Waals surface area (Å²) in [5, 5.41) is 6.96. The Morgan fingerprint density at radius 2 is 1.97 bits per heavy atom. The van der Waals surface area contributed by atoms with E-state index in [0.717, 1.165) is 42.5 Å². The number of aromatic nitrogens is 3. The Morgan fingerprint density at radius 3 is 2.83 bits per heavy atom. The van der Waals surface area contributed by atoms with Gasteiger partial charge in [-0.1, -0.05) is 6.07 Å². The van der Waals surface area contributed by atoms with Gasteiger partial charge in [-0.15, -0.1) is 0 Å². The highest BCUT2D eigenvalue weighted by molar-refractivity contribution is 5.60. The van der Waals surface area contributed by atoms with Gasteiger partial charge in [0.15, 0.2) is 0 Å². The summed E-state index contributed by atoms with van der Waals surface area (Å²) in [4.78, 5) is 9.70. The van der Waals surface area contributed by atoms with Gasteiger partial charge in [-0.2, -0.15) is 0 Å². The summed E-state index contributed by atoms with van der Waals surface area (Å²) in [5.41, 5.74) is 5.71. The topological polar surface area (TPSA) is 54.2 Å². The van der Waals surface area contributed by atoms with Crippen molar-refractivity contribution in [2.24, 2.45) is 5.92 Å². The summed E-state index contributed by atoms with van der Waals surface area (Å²) in [7, 11) is 0. The molecule has 2 N–H and O–H groups in total. The number of fused-ring (bicyclic) bond motifs is 1. The Balaban J connectivity index is 1.34. The highest BCUT2D eigenvalue weighted by Gasteiger charge is 2.18. The average molecular weight is 390 g/mol. The molecule has 5 heterocycles. The molecule has 2 aliphatic heterocycles. The number of hydrogen-bond donors (Lipinski definition) is 2. The molecule has 0 spiro atoms. The van der Waals surface area contributed by atoms with E-state index in [9.17, 15) is 0 Å². The predicted molar refractivity (Wildman–Crippen MR) is 117 cm³/mol. The first-order valence-electron chi connectivity index (χ1n) is 11.2. The molecule has 0 bridgehead atoms. The van der Waals surface area contributed by atoms with Crippen molar-refractivity contribution in [1.29, 1.82) is 0 Å². The van der Waals surface area contributed by atoms with Gasteiger partial charge < -0.3 is 10.6 Å². The van der Waals surface area contributed by atoms with Crippen LogP contribution >= 0.6 is 0 Å². The second-order valence-electron chi connectivity index (χ2n) is 8.63. The van der Waals surface area contributed by atoms with Crippen molar-refractivity contribution in [3.8, 4) is 11.4 Å². The number of pyridine rings is 2. The van der Waals surface area contributed by atoms with Gasteiger partial charge in [0, 0.05) is 24.4 Å². The van der Waals surface area contributed by atoms with Crippen LogP contribution in [0.4, 0.5) is 0 Å². The van der Waals surface area contributed by atoms with Gasteiger partial charge in [0.05, 0.1) is 17.6 Å². The van der Waals surface area contributed by atoms with Crippen LogP contribution in [0.25, 0.3) is 17.0 Å². The van der Waals surface area contributed by atoms with Gasteiger partial charge >= 0.3 is 0 Å². The monoisotopic (exact) mass is 389 g/mol. The van der Waals surface area contributed by atoms with E-state index in [1.165, 1.54) is 56.5 Å². The van der Waals surface area contributed by atoms with Crippen LogP contribution in [0, 0.1) is 5.92 Å². The molecule has 0 amide bonds. The second kappa shape index (κ2) is 8.64. The number of nitrogens with zero attached hydrogens (tertiary/aromatic N) is 3. The van der Waals surface area contributed by atoms with Crippen molar-refractivity contribution in [1.82, 2.24) is 25.0 Å². The van der Waals surface area contributed by atoms with Gasteiger partial charge in [0.25, 0.3) is 0 Å². The zero-order valence-corrected chi connectivity index (χ0v) is 17.1. The number of piperidine rings is 2. The maximum atomic E-state index is 5.00. The lowest BCUT2D eigenvalue weighted by Crippen LogP contribution is -2.28. The number of aryl methyl sites for hydroxylation is 1. The van der Waals surface area contributed by atoms with E-state index >= 15 is 0 Å². The smallest absolute Gasteiger partial charge is 0.137 e. The minimum absolute atomic E-state index is 0.518. The Labute approximate surface area is 173 Å². The van der Waals surface area contributed by atoms with Gasteiger partial charge in [-0.3, -0.25) is 9.38 Å².